The van der Waals surface area contributed by atoms with Crippen LogP contribution < -0.4 is 10.0 Å². The van der Waals surface area contributed by atoms with Gasteiger partial charge >= 0.3 is 0 Å². The van der Waals surface area contributed by atoms with E-state index in [1.807, 2.05) is 30.3 Å². The number of anilines is 2. The lowest BCUT2D eigenvalue weighted by Crippen LogP contribution is -2.08. The predicted molar refractivity (Wildman–Crippen MR) is 86.8 cm³/mol. The van der Waals surface area contributed by atoms with E-state index < -0.39 is 10.0 Å². The van der Waals surface area contributed by atoms with Crippen LogP contribution in [-0.2, 0) is 21.2 Å². The smallest absolute Gasteiger partial charge is 0.255 e. The fourth-order valence-corrected chi connectivity index (χ4v) is 3.08. The summed E-state index contributed by atoms with van der Waals surface area (Å²) >= 11 is 0. The molecule has 0 bridgehead atoms. The van der Waals surface area contributed by atoms with Crippen LogP contribution in [0.3, 0.4) is 0 Å². The minimum atomic E-state index is -3.60. The Morgan fingerprint density at radius 3 is 2.64 bits per heavy atom. The second kappa shape index (κ2) is 5.65. The molecule has 0 saturated heterocycles. The molecule has 0 aromatic heterocycles. The summed E-state index contributed by atoms with van der Waals surface area (Å²) in [7, 11) is -3.60. The van der Waals surface area contributed by atoms with Crippen LogP contribution in [0.15, 0.2) is 53.9 Å². The van der Waals surface area contributed by atoms with Crippen LogP contribution in [0.4, 0.5) is 11.4 Å². The van der Waals surface area contributed by atoms with Crippen molar-refractivity contribution in [2.45, 2.75) is 6.42 Å². The Hall–Kier alpha value is -2.60. The zero-order chi connectivity index (χ0) is 15.6. The first kappa shape index (κ1) is 14.3. The zero-order valence-corrected chi connectivity index (χ0v) is 12.4. The van der Waals surface area contributed by atoms with E-state index in [2.05, 4.69) is 10.0 Å². The van der Waals surface area contributed by atoms with Gasteiger partial charge in [0, 0.05) is 11.4 Å². The first-order chi connectivity index (χ1) is 10.5. The second-order valence-electron chi connectivity index (χ2n) is 4.96. The molecule has 1 amide bonds. The summed E-state index contributed by atoms with van der Waals surface area (Å²) in [6, 6.07) is 14.2. The van der Waals surface area contributed by atoms with Gasteiger partial charge in [-0.05, 0) is 35.4 Å². The first-order valence-corrected chi connectivity index (χ1v) is 8.25. The minimum absolute atomic E-state index is 0.0843. The molecule has 1 aliphatic heterocycles. The van der Waals surface area contributed by atoms with Gasteiger partial charge in [0.1, 0.15) is 0 Å². The van der Waals surface area contributed by atoms with Gasteiger partial charge in [-0.25, -0.2) is 8.42 Å². The van der Waals surface area contributed by atoms with Gasteiger partial charge < -0.3 is 5.32 Å². The summed E-state index contributed by atoms with van der Waals surface area (Å²) < 4.78 is 26.6. The first-order valence-electron chi connectivity index (χ1n) is 6.71. The number of amides is 1. The molecule has 5 nitrogen and oxygen atoms in total. The van der Waals surface area contributed by atoms with Crippen LogP contribution in [0.2, 0.25) is 0 Å². The molecule has 0 aliphatic carbocycles. The van der Waals surface area contributed by atoms with E-state index in [0.29, 0.717) is 5.69 Å². The summed E-state index contributed by atoms with van der Waals surface area (Å²) in [6.45, 7) is 0. The summed E-state index contributed by atoms with van der Waals surface area (Å²) in [6.07, 6.45) is 1.80. The third-order valence-corrected chi connectivity index (χ3v) is 4.24. The molecule has 2 aromatic rings. The van der Waals surface area contributed by atoms with Crippen LogP contribution >= 0.6 is 0 Å². The molecule has 0 radical (unpaired) electrons. The van der Waals surface area contributed by atoms with Crippen LogP contribution in [0, 0.1) is 0 Å². The highest BCUT2D eigenvalue weighted by Crippen LogP contribution is 2.26. The maximum atomic E-state index is 12.1. The van der Waals surface area contributed by atoms with E-state index >= 15 is 0 Å². The lowest BCUT2D eigenvalue weighted by molar-refractivity contribution is -0.115. The number of fused-ring (bicyclic) bond motifs is 1. The van der Waals surface area contributed by atoms with Crippen molar-refractivity contribution in [3.63, 3.8) is 0 Å². The van der Waals surface area contributed by atoms with Crippen LogP contribution in [-0.4, -0.2) is 14.3 Å². The largest absolute Gasteiger partial charge is 0.326 e. The molecule has 0 unspecified atom stereocenters. The van der Waals surface area contributed by atoms with Gasteiger partial charge in [-0.2, -0.15) is 0 Å². The number of hydrogen-bond donors (Lipinski definition) is 2. The van der Waals surface area contributed by atoms with E-state index in [0.717, 1.165) is 22.2 Å². The van der Waals surface area contributed by atoms with Crippen molar-refractivity contribution in [1.82, 2.24) is 0 Å². The SMILES string of the molecule is O=C1Cc2cc(NS(=O)(=O)/C=C/c3ccccc3)ccc2N1. The van der Waals surface area contributed by atoms with Crippen molar-refractivity contribution in [1.29, 1.82) is 0 Å². The van der Waals surface area contributed by atoms with Gasteiger partial charge in [0.2, 0.25) is 5.91 Å². The summed E-state index contributed by atoms with van der Waals surface area (Å²) in [5.41, 5.74) is 2.76. The van der Waals surface area contributed by atoms with Crippen molar-refractivity contribution in [2.75, 3.05) is 10.0 Å². The molecular weight excluding hydrogens is 300 g/mol. The van der Waals surface area contributed by atoms with E-state index in [-0.39, 0.29) is 12.3 Å². The maximum absolute atomic E-state index is 12.1. The molecular formula is C16H14N2O3S. The van der Waals surface area contributed by atoms with Gasteiger partial charge in [0.05, 0.1) is 11.8 Å². The number of hydrogen-bond acceptors (Lipinski definition) is 3. The Labute approximate surface area is 128 Å². The van der Waals surface area contributed by atoms with Crippen molar-refractivity contribution in [2.24, 2.45) is 0 Å². The molecule has 0 fully saturated rings. The van der Waals surface area contributed by atoms with Crippen molar-refractivity contribution in [3.05, 3.63) is 65.1 Å². The maximum Gasteiger partial charge on any atom is 0.255 e. The Kier molecular flexibility index (Phi) is 3.68. The van der Waals surface area contributed by atoms with Crippen molar-refractivity contribution >= 4 is 33.4 Å². The zero-order valence-electron chi connectivity index (χ0n) is 11.6. The molecule has 2 N–H and O–H groups in total. The van der Waals surface area contributed by atoms with Crippen LogP contribution in [0.25, 0.3) is 6.08 Å². The highest BCUT2D eigenvalue weighted by Gasteiger charge is 2.18. The summed E-state index contributed by atoms with van der Waals surface area (Å²) in [5.74, 6) is -0.0843. The highest BCUT2D eigenvalue weighted by molar-refractivity contribution is 7.95. The van der Waals surface area contributed by atoms with E-state index in [9.17, 15) is 13.2 Å². The van der Waals surface area contributed by atoms with Gasteiger partial charge in [0.25, 0.3) is 10.0 Å². The van der Waals surface area contributed by atoms with E-state index in [1.54, 1.807) is 18.2 Å². The third kappa shape index (κ3) is 3.35. The Morgan fingerprint density at radius 1 is 1.09 bits per heavy atom. The highest BCUT2D eigenvalue weighted by atomic mass is 32.2. The monoisotopic (exact) mass is 314 g/mol. The number of sulfonamides is 1. The topological polar surface area (TPSA) is 75.3 Å². The van der Waals surface area contributed by atoms with Gasteiger partial charge in [0.15, 0.2) is 0 Å². The molecule has 0 atom stereocenters. The molecule has 1 aliphatic rings. The molecule has 1 heterocycles. The molecule has 2 aromatic carbocycles. The molecule has 22 heavy (non-hydrogen) atoms. The minimum Gasteiger partial charge on any atom is -0.326 e. The number of carbonyl (C=O) groups is 1. The average molecular weight is 314 g/mol. The average Bonchev–Trinajstić information content (AvgIpc) is 2.85. The number of rotatable bonds is 4. The number of nitrogens with one attached hydrogen (secondary N) is 2. The molecule has 0 saturated carbocycles. The van der Waals surface area contributed by atoms with Crippen LogP contribution in [0.1, 0.15) is 11.1 Å². The van der Waals surface area contributed by atoms with E-state index in [1.165, 1.54) is 6.08 Å². The fourth-order valence-electron chi connectivity index (χ4n) is 2.22. The number of carbonyl (C=O) groups excluding carboxylic acids is 1. The molecule has 6 heteroatoms. The van der Waals surface area contributed by atoms with Gasteiger partial charge in [-0.15, -0.1) is 0 Å². The lowest BCUT2D eigenvalue weighted by Gasteiger charge is -2.06. The molecule has 0 spiro atoms. The Balaban J connectivity index is 1.76. The van der Waals surface area contributed by atoms with Gasteiger partial charge in [-0.3, -0.25) is 9.52 Å². The summed E-state index contributed by atoms with van der Waals surface area (Å²) in [5, 5.41) is 3.83. The van der Waals surface area contributed by atoms with Crippen molar-refractivity contribution in [3.8, 4) is 0 Å². The quantitative estimate of drug-likeness (QED) is 0.911. The van der Waals surface area contributed by atoms with Gasteiger partial charge in [-0.1, -0.05) is 30.3 Å². The second-order valence-corrected chi connectivity index (χ2v) is 6.52. The Morgan fingerprint density at radius 2 is 1.86 bits per heavy atom. The molecule has 3 rings (SSSR count). The van der Waals surface area contributed by atoms with Crippen LogP contribution in [0.5, 0.6) is 0 Å². The predicted octanol–water partition coefficient (Wildman–Crippen LogP) is 2.59. The van der Waals surface area contributed by atoms with Crippen molar-refractivity contribution < 1.29 is 13.2 Å². The fraction of sp³-hybridized carbons (Fsp3) is 0.0625. The molecule has 112 valence electrons. The normalized spacial score (nSPS) is 13.9. The number of benzene rings is 2. The third-order valence-electron chi connectivity index (χ3n) is 3.23. The summed E-state index contributed by atoms with van der Waals surface area (Å²) in [4.78, 5) is 11.3. The van der Waals surface area contributed by atoms with E-state index in [4.69, 9.17) is 0 Å². The lowest BCUT2D eigenvalue weighted by atomic mass is 10.1. The Bertz CT molecular complexity index is 843. The standard InChI is InChI=1S/C16H14N2O3S/c19-16-11-13-10-14(6-7-15(13)17-16)18-22(20,21)9-8-12-4-2-1-3-5-12/h1-10,18H,11H2,(H,17,19)/b9-8+.